The number of rotatable bonds is 0. The number of aryl methyl sites for hydroxylation is 2. The van der Waals surface area contributed by atoms with Gasteiger partial charge in [-0.3, -0.25) is 4.98 Å². The van der Waals surface area contributed by atoms with E-state index in [2.05, 4.69) is 65.7 Å². The SMILES string of the molecule is C1=CCCc2cccc3c2oc2c(cccc23)-c2cc(ccn2)CC1. The number of nitrogens with zero attached hydrogens (tertiary/aromatic N) is 1. The molecule has 1 aliphatic rings. The number of aromatic nitrogens is 1. The van der Waals surface area contributed by atoms with Crippen molar-refractivity contribution in [3.8, 4) is 11.3 Å². The third kappa shape index (κ3) is 2.45. The summed E-state index contributed by atoms with van der Waals surface area (Å²) in [5.74, 6) is 0. The number of hydrogen-bond donors (Lipinski definition) is 0. The fraction of sp³-hybridized carbons (Fsp3) is 0.174. The fourth-order valence-corrected chi connectivity index (χ4v) is 3.78. The molecule has 122 valence electrons. The van der Waals surface area contributed by atoms with Crippen molar-refractivity contribution in [2.24, 2.45) is 0 Å². The van der Waals surface area contributed by atoms with E-state index in [0.717, 1.165) is 48.1 Å². The van der Waals surface area contributed by atoms with Crippen molar-refractivity contribution in [2.45, 2.75) is 25.7 Å². The van der Waals surface area contributed by atoms with E-state index in [0.29, 0.717) is 0 Å². The quantitative estimate of drug-likeness (QED) is 0.366. The van der Waals surface area contributed by atoms with E-state index in [9.17, 15) is 0 Å². The van der Waals surface area contributed by atoms with Crippen LogP contribution in [0.4, 0.5) is 0 Å². The zero-order valence-corrected chi connectivity index (χ0v) is 14.0. The average molecular weight is 325 g/mol. The van der Waals surface area contributed by atoms with Gasteiger partial charge < -0.3 is 4.42 Å². The van der Waals surface area contributed by atoms with Gasteiger partial charge in [0.05, 0.1) is 5.69 Å². The first-order valence-corrected chi connectivity index (χ1v) is 8.93. The van der Waals surface area contributed by atoms with Gasteiger partial charge in [-0.25, -0.2) is 0 Å². The summed E-state index contributed by atoms with van der Waals surface area (Å²) < 4.78 is 6.39. The predicted molar refractivity (Wildman–Crippen MR) is 103 cm³/mol. The number of hydrogen-bond acceptors (Lipinski definition) is 2. The second-order valence-corrected chi connectivity index (χ2v) is 6.68. The lowest BCUT2D eigenvalue weighted by Crippen LogP contribution is -1.89. The molecule has 1 aliphatic heterocycles. The van der Waals surface area contributed by atoms with Gasteiger partial charge in [0, 0.05) is 22.5 Å². The largest absolute Gasteiger partial charge is 0.455 e. The molecule has 0 fully saturated rings. The van der Waals surface area contributed by atoms with Crippen molar-refractivity contribution in [2.75, 3.05) is 0 Å². The molecule has 0 radical (unpaired) electrons. The van der Waals surface area contributed by atoms with Crippen LogP contribution < -0.4 is 0 Å². The average Bonchev–Trinajstić information content (AvgIpc) is 3.04. The number of benzene rings is 2. The maximum atomic E-state index is 6.39. The first kappa shape index (κ1) is 14.5. The van der Waals surface area contributed by atoms with Crippen LogP contribution in [0.5, 0.6) is 0 Å². The Kier molecular flexibility index (Phi) is 3.41. The maximum absolute atomic E-state index is 6.39. The molecule has 0 unspecified atom stereocenters. The first-order valence-electron chi connectivity index (χ1n) is 8.93. The van der Waals surface area contributed by atoms with Crippen LogP contribution in [0.15, 0.2) is 71.3 Å². The lowest BCUT2D eigenvalue weighted by Gasteiger charge is -2.05. The van der Waals surface area contributed by atoms with Crippen molar-refractivity contribution in [1.82, 2.24) is 4.98 Å². The first-order chi connectivity index (χ1) is 12.4. The van der Waals surface area contributed by atoms with Crippen LogP contribution in [-0.2, 0) is 12.8 Å². The molecule has 5 rings (SSSR count). The number of pyridine rings is 1. The Morgan fingerprint density at radius 2 is 1.60 bits per heavy atom. The fourth-order valence-electron chi connectivity index (χ4n) is 3.78. The molecule has 0 saturated carbocycles. The molecule has 25 heavy (non-hydrogen) atoms. The van der Waals surface area contributed by atoms with Crippen LogP contribution in [-0.4, -0.2) is 4.98 Å². The Balaban J connectivity index is 1.85. The number of furan rings is 1. The van der Waals surface area contributed by atoms with Gasteiger partial charge in [-0.15, -0.1) is 0 Å². The molecule has 0 amide bonds. The van der Waals surface area contributed by atoms with Gasteiger partial charge in [0.1, 0.15) is 11.2 Å². The summed E-state index contributed by atoms with van der Waals surface area (Å²) in [5.41, 5.74) is 6.64. The normalized spacial score (nSPS) is 14.4. The van der Waals surface area contributed by atoms with Gasteiger partial charge in [0.2, 0.25) is 0 Å². The molecule has 2 nitrogen and oxygen atoms in total. The van der Waals surface area contributed by atoms with E-state index < -0.39 is 0 Å². The Bertz CT molecular complexity index is 1100. The molecule has 4 bridgehead atoms. The molecule has 0 spiro atoms. The summed E-state index contributed by atoms with van der Waals surface area (Å²) in [7, 11) is 0. The van der Waals surface area contributed by atoms with E-state index in [1.54, 1.807) is 0 Å². The van der Waals surface area contributed by atoms with Gasteiger partial charge in [0.25, 0.3) is 0 Å². The molecular formula is C23H19NO. The third-order valence-electron chi connectivity index (χ3n) is 5.05. The van der Waals surface area contributed by atoms with Gasteiger partial charge in [-0.2, -0.15) is 0 Å². The highest BCUT2D eigenvalue weighted by Crippen LogP contribution is 2.37. The minimum Gasteiger partial charge on any atom is -0.455 e. The van der Waals surface area contributed by atoms with Crippen LogP contribution in [0.25, 0.3) is 33.2 Å². The smallest absolute Gasteiger partial charge is 0.144 e. The monoisotopic (exact) mass is 325 g/mol. The van der Waals surface area contributed by atoms with E-state index in [-0.39, 0.29) is 0 Å². The van der Waals surface area contributed by atoms with Crippen LogP contribution in [0.2, 0.25) is 0 Å². The van der Waals surface area contributed by atoms with Crippen molar-refractivity contribution in [1.29, 1.82) is 0 Å². The van der Waals surface area contributed by atoms with Crippen molar-refractivity contribution in [3.05, 3.63) is 78.0 Å². The summed E-state index contributed by atoms with van der Waals surface area (Å²) in [5, 5.41) is 2.37. The van der Waals surface area contributed by atoms with Crippen molar-refractivity contribution < 1.29 is 4.42 Å². The number of fused-ring (bicyclic) bond motifs is 4. The zero-order valence-electron chi connectivity index (χ0n) is 14.0. The predicted octanol–water partition coefficient (Wildman–Crippen LogP) is 6.08. The lowest BCUT2D eigenvalue weighted by molar-refractivity contribution is 0.663. The summed E-state index contributed by atoms with van der Waals surface area (Å²) in [6.45, 7) is 0. The van der Waals surface area contributed by atoms with E-state index in [4.69, 9.17) is 4.42 Å². The molecule has 0 N–H and O–H groups in total. The van der Waals surface area contributed by atoms with Crippen molar-refractivity contribution >= 4 is 21.9 Å². The maximum Gasteiger partial charge on any atom is 0.144 e. The van der Waals surface area contributed by atoms with Crippen LogP contribution in [0.1, 0.15) is 24.0 Å². The molecule has 2 aromatic carbocycles. The number of allylic oxidation sites excluding steroid dienone is 2. The Labute approximate surface area is 146 Å². The molecule has 4 aromatic rings. The Hall–Kier alpha value is -2.87. The van der Waals surface area contributed by atoms with E-state index in [1.165, 1.54) is 21.9 Å². The van der Waals surface area contributed by atoms with E-state index >= 15 is 0 Å². The molecule has 0 atom stereocenters. The summed E-state index contributed by atoms with van der Waals surface area (Å²) in [6, 6.07) is 17.2. The highest BCUT2D eigenvalue weighted by Gasteiger charge is 2.15. The van der Waals surface area contributed by atoms with Gasteiger partial charge in [-0.05, 0) is 55.0 Å². The molecule has 3 heterocycles. The summed E-state index contributed by atoms with van der Waals surface area (Å²) in [6.07, 6.45) is 10.7. The van der Waals surface area contributed by atoms with Crippen LogP contribution in [0.3, 0.4) is 0 Å². The highest BCUT2D eigenvalue weighted by atomic mass is 16.3. The molecule has 2 heteroatoms. The van der Waals surface area contributed by atoms with E-state index in [1.807, 2.05) is 6.20 Å². The molecule has 2 aromatic heterocycles. The topological polar surface area (TPSA) is 26.0 Å². The summed E-state index contributed by atoms with van der Waals surface area (Å²) in [4.78, 5) is 4.62. The minimum atomic E-state index is 0.946. The third-order valence-corrected chi connectivity index (χ3v) is 5.05. The molecular weight excluding hydrogens is 306 g/mol. The standard InChI is InChI=1S/C23H19NO/c1-2-4-8-17-9-5-10-18-19-11-6-12-20(23(19)25-22(17)18)21-15-16(7-3-1)13-14-24-21/h1-2,5-6,9-15H,3-4,7-8H2. The second-order valence-electron chi connectivity index (χ2n) is 6.68. The molecule has 0 saturated heterocycles. The second kappa shape index (κ2) is 5.89. The van der Waals surface area contributed by atoms with Gasteiger partial charge >= 0.3 is 0 Å². The Morgan fingerprint density at radius 3 is 2.52 bits per heavy atom. The zero-order chi connectivity index (χ0) is 16.6. The van der Waals surface area contributed by atoms with Crippen LogP contribution >= 0.6 is 0 Å². The highest BCUT2D eigenvalue weighted by molar-refractivity contribution is 6.10. The lowest BCUT2D eigenvalue weighted by atomic mass is 10.0. The number of para-hydroxylation sites is 2. The Morgan fingerprint density at radius 1 is 0.800 bits per heavy atom. The molecule has 0 aliphatic carbocycles. The van der Waals surface area contributed by atoms with Crippen LogP contribution in [0, 0.1) is 0 Å². The van der Waals surface area contributed by atoms with Gasteiger partial charge in [0.15, 0.2) is 0 Å². The minimum absolute atomic E-state index is 0.946. The van der Waals surface area contributed by atoms with Crippen molar-refractivity contribution in [3.63, 3.8) is 0 Å². The summed E-state index contributed by atoms with van der Waals surface area (Å²) >= 11 is 0. The van der Waals surface area contributed by atoms with Gasteiger partial charge in [-0.1, -0.05) is 42.5 Å².